The van der Waals surface area contributed by atoms with Crippen molar-refractivity contribution in [2.45, 2.75) is 26.7 Å². The Morgan fingerprint density at radius 2 is 1.91 bits per heavy atom. The van der Waals surface area contributed by atoms with Crippen molar-refractivity contribution in [2.75, 3.05) is 14.1 Å². The van der Waals surface area contributed by atoms with Gasteiger partial charge in [0.25, 0.3) is 0 Å². The zero-order valence-electron chi connectivity index (χ0n) is 7.85. The number of rotatable bonds is 1. The predicted octanol–water partition coefficient (Wildman–Crippen LogP) is 1.82. The molecule has 0 heterocycles. The topological polar surface area (TPSA) is 20.3 Å². The maximum atomic E-state index is 10.9. The van der Waals surface area contributed by atoms with E-state index in [1.165, 1.54) is 0 Å². The van der Waals surface area contributed by atoms with E-state index in [0.29, 0.717) is 6.42 Å². The lowest BCUT2D eigenvalue weighted by molar-refractivity contribution is -0.116. The van der Waals surface area contributed by atoms with Crippen LogP contribution >= 0.6 is 0 Å². The average molecular weight is 155 g/mol. The van der Waals surface area contributed by atoms with E-state index in [0.717, 1.165) is 12.1 Å². The molecule has 0 spiro atoms. The largest absolute Gasteiger partial charge is 0.375 e. The predicted molar refractivity (Wildman–Crippen MR) is 47.4 cm³/mol. The highest BCUT2D eigenvalue weighted by atomic mass is 16.1. The summed E-state index contributed by atoms with van der Waals surface area (Å²) in [5, 5.41) is 0. The second-order valence-electron chi connectivity index (χ2n) is 2.45. The lowest BCUT2D eigenvalue weighted by atomic mass is 10.3. The van der Waals surface area contributed by atoms with Gasteiger partial charge in [-0.05, 0) is 6.42 Å². The van der Waals surface area contributed by atoms with Crippen LogP contribution in [0.4, 0.5) is 0 Å². The Morgan fingerprint density at radius 1 is 1.36 bits per heavy atom. The van der Waals surface area contributed by atoms with Gasteiger partial charge in [0.05, 0.1) is 5.70 Å². The normalized spacial score (nSPS) is 15.3. The monoisotopic (exact) mass is 155 g/mol. The van der Waals surface area contributed by atoms with E-state index in [4.69, 9.17) is 0 Å². The van der Waals surface area contributed by atoms with Gasteiger partial charge in [-0.3, -0.25) is 4.79 Å². The zero-order chi connectivity index (χ0) is 8.85. The third-order valence-corrected chi connectivity index (χ3v) is 1.48. The molecular weight excluding hydrogens is 138 g/mol. The first kappa shape index (κ1) is 10.2. The molecule has 2 nitrogen and oxygen atoms in total. The number of hydrogen-bond donors (Lipinski definition) is 0. The van der Waals surface area contributed by atoms with Crippen molar-refractivity contribution < 1.29 is 4.79 Å². The molecule has 0 unspecified atom stereocenters. The maximum absolute atomic E-state index is 10.9. The summed E-state index contributed by atoms with van der Waals surface area (Å²) in [6.45, 7) is 4.00. The van der Waals surface area contributed by atoms with Gasteiger partial charge in [0.1, 0.15) is 0 Å². The Hall–Kier alpha value is -0.790. The van der Waals surface area contributed by atoms with Gasteiger partial charge >= 0.3 is 0 Å². The Kier molecular flexibility index (Phi) is 4.59. The summed E-state index contributed by atoms with van der Waals surface area (Å²) in [5.41, 5.74) is 0.870. The van der Waals surface area contributed by atoms with Crippen LogP contribution in [-0.2, 0) is 4.79 Å². The van der Waals surface area contributed by atoms with Crippen LogP contribution in [0.2, 0.25) is 0 Å². The molecule has 1 aliphatic rings. The lowest BCUT2D eigenvalue weighted by Crippen LogP contribution is -2.15. The first-order chi connectivity index (χ1) is 5.22. The van der Waals surface area contributed by atoms with Gasteiger partial charge in [-0.25, -0.2) is 0 Å². The SMILES string of the molecule is CC.CN(C)C1=CCCC1=O. The van der Waals surface area contributed by atoms with Crippen molar-refractivity contribution in [3.63, 3.8) is 0 Å². The molecule has 11 heavy (non-hydrogen) atoms. The van der Waals surface area contributed by atoms with Crippen LogP contribution in [0.25, 0.3) is 0 Å². The molecule has 1 rings (SSSR count). The number of allylic oxidation sites excluding steroid dienone is 2. The number of carbonyl (C=O) groups excluding carboxylic acids is 1. The van der Waals surface area contributed by atoms with Crippen LogP contribution in [0.1, 0.15) is 26.7 Å². The fourth-order valence-corrected chi connectivity index (χ4v) is 1.01. The minimum atomic E-state index is 0.278. The number of nitrogens with zero attached hydrogens (tertiary/aromatic N) is 1. The second kappa shape index (κ2) is 4.94. The van der Waals surface area contributed by atoms with Gasteiger partial charge in [-0.15, -0.1) is 0 Å². The summed E-state index contributed by atoms with van der Waals surface area (Å²) < 4.78 is 0. The molecule has 0 saturated carbocycles. The van der Waals surface area contributed by atoms with E-state index in [1.54, 1.807) is 0 Å². The van der Waals surface area contributed by atoms with Gasteiger partial charge in [0.2, 0.25) is 0 Å². The third kappa shape index (κ3) is 2.74. The summed E-state index contributed by atoms with van der Waals surface area (Å²) in [7, 11) is 3.80. The molecule has 0 atom stereocenters. The van der Waals surface area contributed by atoms with Crippen LogP contribution in [0.5, 0.6) is 0 Å². The second-order valence-corrected chi connectivity index (χ2v) is 2.45. The molecule has 0 aromatic carbocycles. The highest BCUT2D eigenvalue weighted by Crippen LogP contribution is 2.14. The first-order valence-electron chi connectivity index (χ1n) is 4.12. The molecule has 64 valence electrons. The van der Waals surface area contributed by atoms with E-state index in [-0.39, 0.29) is 5.78 Å². The molecular formula is C9H17NO. The van der Waals surface area contributed by atoms with Gasteiger partial charge < -0.3 is 4.90 Å². The number of ketones is 1. The quantitative estimate of drug-likeness (QED) is 0.575. The van der Waals surface area contributed by atoms with Gasteiger partial charge in [-0.1, -0.05) is 19.9 Å². The molecule has 0 aromatic rings. The Labute approximate surface area is 68.9 Å². The Bertz CT molecular complexity index is 159. The summed E-state index contributed by atoms with van der Waals surface area (Å²) in [6, 6.07) is 0. The molecule has 0 amide bonds. The lowest BCUT2D eigenvalue weighted by Gasteiger charge is -2.10. The van der Waals surface area contributed by atoms with Crippen molar-refractivity contribution in [1.82, 2.24) is 4.90 Å². The van der Waals surface area contributed by atoms with E-state index < -0.39 is 0 Å². The minimum Gasteiger partial charge on any atom is -0.375 e. The molecule has 1 aliphatic carbocycles. The molecule has 0 fully saturated rings. The third-order valence-electron chi connectivity index (χ3n) is 1.48. The summed E-state index contributed by atoms with van der Waals surface area (Å²) >= 11 is 0. The first-order valence-corrected chi connectivity index (χ1v) is 4.12. The summed E-state index contributed by atoms with van der Waals surface area (Å²) in [4.78, 5) is 12.8. The van der Waals surface area contributed by atoms with E-state index in [1.807, 2.05) is 38.9 Å². The molecule has 0 saturated heterocycles. The van der Waals surface area contributed by atoms with Crippen molar-refractivity contribution in [2.24, 2.45) is 0 Å². The van der Waals surface area contributed by atoms with E-state index >= 15 is 0 Å². The van der Waals surface area contributed by atoms with Crippen LogP contribution < -0.4 is 0 Å². The molecule has 0 aliphatic heterocycles. The van der Waals surface area contributed by atoms with Crippen molar-refractivity contribution in [3.8, 4) is 0 Å². The Balaban J connectivity index is 0.000000461. The van der Waals surface area contributed by atoms with Gasteiger partial charge in [0.15, 0.2) is 5.78 Å². The van der Waals surface area contributed by atoms with Crippen LogP contribution in [0.15, 0.2) is 11.8 Å². The van der Waals surface area contributed by atoms with E-state index in [2.05, 4.69) is 0 Å². The minimum absolute atomic E-state index is 0.278. The van der Waals surface area contributed by atoms with E-state index in [9.17, 15) is 4.79 Å². The number of likely N-dealkylation sites (N-methyl/N-ethyl adjacent to an activating group) is 1. The number of Topliss-reactive ketones (excluding diaryl/α,β-unsaturated/α-hetero) is 1. The average Bonchev–Trinajstić information content (AvgIpc) is 2.39. The fraction of sp³-hybridized carbons (Fsp3) is 0.667. The standard InChI is InChI=1S/C7H11NO.C2H6/c1-8(2)6-4-3-5-7(6)9;1-2/h4H,3,5H2,1-2H3;1-2H3. The van der Waals surface area contributed by atoms with Crippen LogP contribution in [0.3, 0.4) is 0 Å². The molecule has 0 bridgehead atoms. The van der Waals surface area contributed by atoms with Crippen LogP contribution in [-0.4, -0.2) is 24.8 Å². The zero-order valence-corrected chi connectivity index (χ0v) is 7.85. The highest BCUT2D eigenvalue weighted by Gasteiger charge is 2.15. The molecule has 0 N–H and O–H groups in total. The molecule has 0 radical (unpaired) electrons. The fourth-order valence-electron chi connectivity index (χ4n) is 1.01. The smallest absolute Gasteiger partial charge is 0.178 e. The summed E-state index contributed by atoms with van der Waals surface area (Å²) in [5.74, 6) is 0.278. The number of hydrogen-bond acceptors (Lipinski definition) is 2. The van der Waals surface area contributed by atoms with Crippen molar-refractivity contribution >= 4 is 5.78 Å². The number of carbonyl (C=O) groups is 1. The molecule has 2 heteroatoms. The summed E-state index contributed by atoms with van der Waals surface area (Å²) in [6.07, 6.45) is 3.61. The Morgan fingerprint density at radius 3 is 2.09 bits per heavy atom. The van der Waals surface area contributed by atoms with Gasteiger partial charge in [0, 0.05) is 20.5 Å². The molecule has 0 aromatic heterocycles. The van der Waals surface area contributed by atoms with Crippen molar-refractivity contribution in [1.29, 1.82) is 0 Å². The van der Waals surface area contributed by atoms with Gasteiger partial charge in [-0.2, -0.15) is 0 Å². The maximum Gasteiger partial charge on any atom is 0.178 e. The highest BCUT2D eigenvalue weighted by molar-refractivity contribution is 5.96. The van der Waals surface area contributed by atoms with Crippen molar-refractivity contribution in [3.05, 3.63) is 11.8 Å². The van der Waals surface area contributed by atoms with Crippen LogP contribution in [0, 0.1) is 0 Å².